The van der Waals surface area contributed by atoms with Crippen molar-refractivity contribution in [1.82, 2.24) is 10.2 Å². The molecule has 1 saturated heterocycles. The molecule has 142 valence electrons. The molecular formula is C18H24ClN3O4. The lowest BCUT2D eigenvalue weighted by atomic mass is 10.2. The Kier molecular flexibility index (Phi) is 8.48. The zero-order valence-electron chi connectivity index (χ0n) is 14.9. The van der Waals surface area contributed by atoms with Crippen molar-refractivity contribution in [3.05, 3.63) is 22.7 Å². The molecule has 2 rings (SSSR count). The van der Waals surface area contributed by atoms with Gasteiger partial charge in [0.15, 0.2) is 11.5 Å². The molecule has 1 aromatic rings. The van der Waals surface area contributed by atoms with Crippen LogP contribution in [0.1, 0.15) is 18.9 Å². The van der Waals surface area contributed by atoms with Crippen LogP contribution in [0.4, 0.5) is 0 Å². The molecule has 0 spiro atoms. The summed E-state index contributed by atoms with van der Waals surface area (Å²) >= 11 is 6.36. The van der Waals surface area contributed by atoms with Crippen LogP contribution in [0.25, 0.3) is 0 Å². The van der Waals surface area contributed by atoms with Crippen LogP contribution < -0.4 is 14.8 Å². The highest BCUT2D eigenvalue weighted by atomic mass is 35.5. The lowest BCUT2D eigenvalue weighted by Crippen LogP contribution is -2.38. The highest BCUT2D eigenvalue weighted by molar-refractivity contribution is 6.32. The number of amides is 1. The van der Waals surface area contributed by atoms with Crippen molar-refractivity contribution in [2.45, 2.75) is 19.9 Å². The average molecular weight is 382 g/mol. The zero-order chi connectivity index (χ0) is 18.8. The van der Waals surface area contributed by atoms with E-state index in [4.69, 9.17) is 31.1 Å². The van der Waals surface area contributed by atoms with E-state index in [2.05, 4.69) is 10.2 Å². The molecule has 1 aliphatic rings. The largest absolute Gasteiger partial charge is 0.490 e. The smallest absolute Gasteiger partial charge is 0.234 e. The Morgan fingerprint density at radius 1 is 1.38 bits per heavy atom. The lowest BCUT2D eigenvalue weighted by Gasteiger charge is -2.26. The van der Waals surface area contributed by atoms with Crippen molar-refractivity contribution < 1.29 is 19.0 Å². The first-order valence-corrected chi connectivity index (χ1v) is 9.03. The van der Waals surface area contributed by atoms with E-state index in [1.807, 2.05) is 13.0 Å². The third-order valence-electron chi connectivity index (χ3n) is 3.86. The van der Waals surface area contributed by atoms with Gasteiger partial charge >= 0.3 is 0 Å². The molecule has 0 radical (unpaired) electrons. The second-order valence-corrected chi connectivity index (χ2v) is 6.16. The maximum atomic E-state index is 11.4. The second kappa shape index (κ2) is 10.9. The Morgan fingerprint density at radius 3 is 2.85 bits per heavy atom. The van der Waals surface area contributed by atoms with Crippen molar-refractivity contribution >= 4 is 17.5 Å². The third-order valence-corrected chi connectivity index (χ3v) is 4.14. The number of hydrogen-bond donors (Lipinski definition) is 1. The standard InChI is InChI=1S/C18H24ClN3O4/c1-2-25-16-12-14(13-21-17(23)3-4-20)11-15(19)18(16)26-10-7-22-5-8-24-9-6-22/h11-12H,2-3,5-10,13H2,1H3,(H,21,23). The molecule has 1 fully saturated rings. The SMILES string of the molecule is CCOc1cc(CNC(=O)CC#N)cc(Cl)c1OCCN1CCOCC1. The van der Waals surface area contributed by atoms with Gasteiger partial charge in [0.25, 0.3) is 0 Å². The van der Waals surface area contributed by atoms with Crippen LogP contribution in [0, 0.1) is 11.3 Å². The monoisotopic (exact) mass is 381 g/mol. The molecule has 1 heterocycles. The number of carbonyl (C=O) groups excluding carboxylic acids is 1. The molecular weight excluding hydrogens is 358 g/mol. The third kappa shape index (κ3) is 6.37. The van der Waals surface area contributed by atoms with E-state index < -0.39 is 0 Å². The molecule has 8 heteroatoms. The second-order valence-electron chi connectivity index (χ2n) is 5.75. The highest BCUT2D eigenvalue weighted by Gasteiger charge is 2.15. The molecule has 0 aromatic heterocycles. The van der Waals surface area contributed by atoms with Gasteiger partial charge in [-0.2, -0.15) is 5.26 Å². The molecule has 26 heavy (non-hydrogen) atoms. The minimum Gasteiger partial charge on any atom is -0.490 e. The van der Waals surface area contributed by atoms with Crippen molar-refractivity contribution in [1.29, 1.82) is 5.26 Å². The first kappa shape index (κ1) is 20.3. The molecule has 0 aliphatic carbocycles. The van der Waals surface area contributed by atoms with E-state index in [1.165, 1.54) is 0 Å². The summed E-state index contributed by atoms with van der Waals surface area (Å²) in [5.74, 6) is 0.729. The van der Waals surface area contributed by atoms with E-state index in [1.54, 1.807) is 12.1 Å². The average Bonchev–Trinajstić information content (AvgIpc) is 2.63. The van der Waals surface area contributed by atoms with Gasteiger partial charge in [-0.05, 0) is 24.6 Å². The zero-order valence-corrected chi connectivity index (χ0v) is 15.7. The minimum atomic E-state index is -0.326. The Bertz CT molecular complexity index is 642. The maximum absolute atomic E-state index is 11.4. The molecule has 1 amide bonds. The van der Waals surface area contributed by atoms with Gasteiger partial charge in [0.05, 0.1) is 30.9 Å². The summed E-state index contributed by atoms with van der Waals surface area (Å²) in [6.07, 6.45) is -0.172. The lowest BCUT2D eigenvalue weighted by molar-refractivity contribution is -0.120. The molecule has 1 N–H and O–H groups in total. The van der Waals surface area contributed by atoms with Crippen LogP contribution in [-0.4, -0.2) is 56.9 Å². The fraction of sp³-hybridized carbons (Fsp3) is 0.556. The summed E-state index contributed by atoms with van der Waals surface area (Å²) in [7, 11) is 0. The summed E-state index contributed by atoms with van der Waals surface area (Å²) < 4.78 is 16.9. The van der Waals surface area contributed by atoms with Crippen molar-refractivity contribution in [2.24, 2.45) is 0 Å². The Morgan fingerprint density at radius 2 is 2.15 bits per heavy atom. The Hall–Kier alpha value is -2.01. The Balaban J connectivity index is 1.98. The molecule has 0 atom stereocenters. The number of ether oxygens (including phenoxy) is 3. The number of hydrogen-bond acceptors (Lipinski definition) is 6. The van der Waals surface area contributed by atoms with Crippen LogP contribution in [0.3, 0.4) is 0 Å². The van der Waals surface area contributed by atoms with Gasteiger partial charge in [0, 0.05) is 26.2 Å². The van der Waals surface area contributed by atoms with Gasteiger partial charge in [0.1, 0.15) is 13.0 Å². The number of carbonyl (C=O) groups is 1. The van der Waals surface area contributed by atoms with Crippen LogP contribution >= 0.6 is 11.6 Å². The van der Waals surface area contributed by atoms with Crippen molar-refractivity contribution in [2.75, 3.05) is 46.1 Å². The van der Waals surface area contributed by atoms with Crippen molar-refractivity contribution in [3.8, 4) is 17.6 Å². The topological polar surface area (TPSA) is 83.8 Å². The fourth-order valence-corrected chi connectivity index (χ4v) is 2.85. The Labute approximate surface area is 158 Å². The molecule has 1 aromatic carbocycles. The van der Waals surface area contributed by atoms with E-state index in [-0.39, 0.29) is 18.9 Å². The number of benzene rings is 1. The predicted octanol–water partition coefficient (Wildman–Crippen LogP) is 1.98. The number of halogens is 1. The maximum Gasteiger partial charge on any atom is 0.234 e. The van der Waals surface area contributed by atoms with Crippen LogP contribution in [-0.2, 0) is 16.1 Å². The van der Waals surface area contributed by atoms with E-state index >= 15 is 0 Å². The summed E-state index contributed by atoms with van der Waals surface area (Å²) in [5.41, 5.74) is 0.783. The first-order valence-electron chi connectivity index (χ1n) is 8.65. The summed E-state index contributed by atoms with van der Waals surface area (Å²) in [5, 5.41) is 11.6. The van der Waals surface area contributed by atoms with Gasteiger partial charge in [-0.25, -0.2) is 0 Å². The van der Waals surface area contributed by atoms with Crippen LogP contribution in [0.15, 0.2) is 12.1 Å². The van der Waals surface area contributed by atoms with Gasteiger partial charge in [-0.3, -0.25) is 9.69 Å². The molecule has 0 bridgehead atoms. The number of nitrogens with zero attached hydrogens (tertiary/aromatic N) is 2. The van der Waals surface area contributed by atoms with Crippen molar-refractivity contribution in [3.63, 3.8) is 0 Å². The number of rotatable bonds is 9. The normalized spacial score (nSPS) is 14.5. The molecule has 1 aliphatic heterocycles. The van der Waals surface area contributed by atoms with Gasteiger partial charge in [-0.1, -0.05) is 11.6 Å². The van der Waals surface area contributed by atoms with Crippen LogP contribution in [0.5, 0.6) is 11.5 Å². The minimum absolute atomic E-state index is 0.172. The van der Waals surface area contributed by atoms with Crippen LogP contribution in [0.2, 0.25) is 5.02 Å². The number of nitrogens with one attached hydrogen (secondary N) is 1. The molecule has 0 unspecified atom stereocenters. The summed E-state index contributed by atoms with van der Waals surface area (Å²) in [4.78, 5) is 13.7. The van der Waals surface area contributed by atoms with Gasteiger partial charge in [-0.15, -0.1) is 0 Å². The predicted molar refractivity (Wildman–Crippen MR) is 97.5 cm³/mol. The quantitative estimate of drug-likeness (QED) is 0.704. The fourth-order valence-electron chi connectivity index (χ4n) is 2.56. The molecule has 7 nitrogen and oxygen atoms in total. The van der Waals surface area contributed by atoms with Gasteiger partial charge in [0.2, 0.25) is 5.91 Å². The van der Waals surface area contributed by atoms with E-state index in [9.17, 15) is 4.79 Å². The number of nitriles is 1. The van der Waals surface area contributed by atoms with E-state index in [0.29, 0.717) is 29.7 Å². The number of morpholine rings is 1. The summed E-state index contributed by atoms with van der Waals surface area (Å²) in [6.45, 7) is 7.21. The van der Waals surface area contributed by atoms with E-state index in [0.717, 1.165) is 38.4 Å². The highest BCUT2D eigenvalue weighted by Crippen LogP contribution is 2.36. The first-order chi connectivity index (χ1) is 12.6. The summed E-state index contributed by atoms with van der Waals surface area (Å²) in [6, 6.07) is 5.35. The van der Waals surface area contributed by atoms with Gasteiger partial charge < -0.3 is 19.5 Å². The molecule has 0 saturated carbocycles.